The van der Waals surface area contributed by atoms with Gasteiger partial charge >= 0.3 is 0 Å². The maximum Gasteiger partial charge on any atom is 0.0772 e. The lowest BCUT2D eigenvalue weighted by Crippen LogP contribution is -2.44. The van der Waals surface area contributed by atoms with E-state index in [0.29, 0.717) is 0 Å². The van der Waals surface area contributed by atoms with Crippen LogP contribution in [0.1, 0.15) is 18.6 Å². The van der Waals surface area contributed by atoms with Crippen LogP contribution in [0.2, 0.25) is 0 Å². The molecule has 0 spiro atoms. The third kappa shape index (κ3) is 3.00. The van der Waals surface area contributed by atoms with Crippen molar-refractivity contribution in [2.24, 2.45) is 0 Å². The number of hydrogen-bond acceptors (Lipinski definition) is 3. The molecule has 0 aliphatic carbocycles. The molecule has 0 bridgehead atoms. The van der Waals surface area contributed by atoms with Crippen LogP contribution in [0.3, 0.4) is 0 Å². The molecule has 1 aromatic rings. The van der Waals surface area contributed by atoms with Crippen LogP contribution in [0.5, 0.6) is 0 Å². The Morgan fingerprint density at radius 1 is 1.24 bits per heavy atom. The van der Waals surface area contributed by atoms with E-state index in [1.54, 1.807) is 6.92 Å². The number of likely N-dealkylation sites (N-methyl/N-ethyl adjacent to an activating group) is 1. The Labute approximate surface area is 111 Å². The van der Waals surface area contributed by atoms with Crippen LogP contribution in [-0.2, 0) is 0 Å². The molecule has 1 atom stereocenters. The van der Waals surface area contributed by atoms with Gasteiger partial charge in [0, 0.05) is 36.3 Å². The number of aliphatic hydroxyl groups excluding tert-OH is 1. The Bertz CT molecular complexity index is 387. The molecule has 1 aromatic carbocycles. The smallest absolute Gasteiger partial charge is 0.0772 e. The molecule has 17 heavy (non-hydrogen) atoms. The maximum atomic E-state index is 9.59. The van der Waals surface area contributed by atoms with Crippen LogP contribution >= 0.6 is 15.9 Å². The van der Waals surface area contributed by atoms with Crippen LogP contribution < -0.4 is 4.90 Å². The number of anilines is 1. The number of hydrogen-bond donors (Lipinski definition) is 1. The minimum absolute atomic E-state index is 0.425. The lowest BCUT2D eigenvalue weighted by Gasteiger charge is -2.34. The third-order valence-electron chi connectivity index (χ3n) is 3.30. The van der Waals surface area contributed by atoms with Gasteiger partial charge in [-0.05, 0) is 31.7 Å². The van der Waals surface area contributed by atoms with Gasteiger partial charge < -0.3 is 14.9 Å². The van der Waals surface area contributed by atoms with Crippen molar-refractivity contribution in [3.05, 3.63) is 28.2 Å². The molecular weight excluding hydrogens is 280 g/mol. The SMILES string of the molecule is CC(O)c1ccc(N2CCN(C)CC2)cc1Br. The van der Waals surface area contributed by atoms with E-state index in [1.165, 1.54) is 5.69 Å². The topological polar surface area (TPSA) is 26.7 Å². The first kappa shape index (κ1) is 12.9. The molecule has 1 N–H and O–H groups in total. The quantitative estimate of drug-likeness (QED) is 0.907. The molecule has 94 valence electrons. The summed E-state index contributed by atoms with van der Waals surface area (Å²) in [6, 6.07) is 6.20. The fourth-order valence-electron chi connectivity index (χ4n) is 2.12. The number of piperazine rings is 1. The van der Waals surface area contributed by atoms with Gasteiger partial charge in [0.1, 0.15) is 0 Å². The van der Waals surface area contributed by atoms with E-state index < -0.39 is 6.10 Å². The molecule has 4 heteroatoms. The molecule has 0 amide bonds. The van der Waals surface area contributed by atoms with Gasteiger partial charge in [-0.1, -0.05) is 22.0 Å². The van der Waals surface area contributed by atoms with Gasteiger partial charge in [-0.2, -0.15) is 0 Å². The second kappa shape index (κ2) is 5.38. The average molecular weight is 299 g/mol. The molecule has 1 unspecified atom stereocenters. The molecule has 1 aliphatic heterocycles. The van der Waals surface area contributed by atoms with Gasteiger partial charge in [0.05, 0.1) is 6.10 Å². The van der Waals surface area contributed by atoms with Crippen molar-refractivity contribution in [2.45, 2.75) is 13.0 Å². The normalized spacial score (nSPS) is 19.4. The highest BCUT2D eigenvalue weighted by atomic mass is 79.9. The van der Waals surface area contributed by atoms with Crippen LogP contribution in [0.15, 0.2) is 22.7 Å². The number of halogens is 1. The number of benzene rings is 1. The Hall–Kier alpha value is -0.580. The van der Waals surface area contributed by atoms with Crippen LogP contribution in [0.4, 0.5) is 5.69 Å². The van der Waals surface area contributed by atoms with Crippen molar-refractivity contribution in [1.82, 2.24) is 4.90 Å². The minimum atomic E-state index is -0.425. The van der Waals surface area contributed by atoms with Crippen molar-refractivity contribution in [1.29, 1.82) is 0 Å². The summed E-state index contributed by atoms with van der Waals surface area (Å²) in [4.78, 5) is 4.73. The molecule has 0 radical (unpaired) electrons. The predicted octanol–water partition coefficient (Wildman–Crippen LogP) is 2.25. The first-order valence-electron chi connectivity index (χ1n) is 5.99. The predicted molar refractivity (Wildman–Crippen MR) is 74.5 cm³/mol. The summed E-state index contributed by atoms with van der Waals surface area (Å²) in [5, 5.41) is 9.59. The highest BCUT2D eigenvalue weighted by Crippen LogP contribution is 2.28. The Balaban J connectivity index is 2.14. The first-order valence-corrected chi connectivity index (χ1v) is 6.78. The molecule has 3 nitrogen and oxygen atoms in total. The summed E-state index contributed by atoms with van der Waals surface area (Å²) < 4.78 is 0.990. The molecule has 1 fully saturated rings. The summed E-state index contributed by atoms with van der Waals surface area (Å²) in [6.45, 7) is 6.13. The van der Waals surface area contributed by atoms with Crippen molar-refractivity contribution in [2.75, 3.05) is 38.1 Å². The van der Waals surface area contributed by atoms with Crippen LogP contribution in [0.25, 0.3) is 0 Å². The second-order valence-corrected chi connectivity index (χ2v) is 5.53. The highest BCUT2D eigenvalue weighted by molar-refractivity contribution is 9.10. The highest BCUT2D eigenvalue weighted by Gasteiger charge is 2.15. The van der Waals surface area contributed by atoms with E-state index in [9.17, 15) is 5.11 Å². The van der Waals surface area contributed by atoms with E-state index >= 15 is 0 Å². The molecule has 0 saturated carbocycles. The Morgan fingerprint density at radius 2 is 1.88 bits per heavy atom. The van der Waals surface area contributed by atoms with Gasteiger partial charge in [0.15, 0.2) is 0 Å². The Morgan fingerprint density at radius 3 is 2.41 bits per heavy atom. The lowest BCUT2D eigenvalue weighted by molar-refractivity contribution is 0.198. The average Bonchev–Trinajstić information content (AvgIpc) is 2.29. The van der Waals surface area contributed by atoms with Gasteiger partial charge in [-0.3, -0.25) is 0 Å². The van der Waals surface area contributed by atoms with E-state index in [1.807, 2.05) is 6.07 Å². The van der Waals surface area contributed by atoms with Gasteiger partial charge in [0.2, 0.25) is 0 Å². The lowest BCUT2D eigenvalue weighted by atomic mass is 10.1. The molecule has 0 aromatic heterocycles. The molecular formula is C13H19BrN2O. The summed E-state index contributed by atoms with van der Waals surface area (Å²) in [6.07, 6.45) is -0.425. The summed E-state index contributed by atoms with van der Waals surface area (Å²) >= 11 is 3.53. The standard InChI is InChI=1S/C13H19BrN2O/c1-10(17)12-4-3-11(9-13(12)14)16-7-5-15(2)6-8-16/h3-4,9-10,17H,5-8H2,1-2H3. The Kier molecular flexibility index (Phi) is 4.07. The second-order valence-electron chi connectivity index (χ2n) is 4.67. The first-order chi connectivity index (χ1) is 8.08. The summed E-state index contributed by atoms with van der Waals surface area (Å²) in [5.74, 6) is 0. The van der Waals surface area contributed by atoms with Crippen LogP contribution in [-0.4, -0.2) is 43.2 Å². The third-order valence-corrected chi connectivity index (χ3v) is 3.99. The van der Waals surface area contributed by atoms with Gasteiger partial charge in [-0.15, -0.1) is 0 Å². The molecule has 1 heterocycles. The zero-order chi connectivity index (χ0) is 12.4. The molecule has 1 saturated heterocycles. The fourth-order valence-corrected chi connectivity index (χ4v) is 2.81. The van der Waals surface area contributed by atoms with Crippen molar-refractivity contribution < 1.29 is 5.11 Å². The minimum Gasteiger partial charge on any atom is -0.389 e. The van der Waals surface area contributed by atoms with E-state index in [2.05, 4.69) is 44.9 Å². The fraction of sp³-hybridized carbons (Fsp3) is 0.538. The van der Waals surface area contributed by atoms with Gasteiger partial charge in [-0.25, -0.2) is 0 Å². The number of rotatable bonds is 2. The summed E-state index contributed by atoms with van der Waals surface area (Å²) in [5.41, 5.74) is 2.18. The van der Waals surface area contributed by atoms with E-state index in [-0.39, 0.29) is 0 Å². The van der Waals surface area contributed by atoms with E-state index in [0.717, 1.165) is 36.2 Å². The van der Waals surface area contributed by atoms with E-state index in [4.69, 9.17) is 0 Å². The van der Waals surface area contributed by atoms with Crippen molar-refractivity contribution in [3.63, 3.8) is 0 Å². The zero-order valence-corrected chi connectivity index (χ0v) is 11.9. The largest absolute Gasteiger partial charge is 0.389 e. The van der Waals surface area contributed by atoms with Gasteiger partial charge in [0.25, 0.3) is 0 Å². The number of aliphatic hydroxyl groups is 1. The van der Waals surface area contributed by atoms with Crippen molar-refractivity contribution >= 4 is 21.6 Å². The zero-order valence-electron chi connectivity index (χ0n) is 10.4. The molecule has 2 rings (SSSR count). The monoisotopic (exact) mass is 298 g/mol. The maximum absolute atomic E-state index is 9.59. The molecule has 1 aliphatic rings. The number of nitrogens with zero attached hydrogens (tertiary/aromatic N) is 2. The van der Waals surface area contributed by atoms with Crippen molar-refractivity contribution in [3.8, 4) is 0 Å². The summed E-state index contributed by atoms with van der Waals surface area (Å²) in [7, 11) is 2.16. The van der Waals surface area contributed by atoms with Crippen LogP contribution in [0, 0.1) is 0 Å².